The predicted molar refractivity (Wildman–Crippen MR) is 95.5 cm³/mol. The van der Waals surface area contributed by atoms with Gasteiger partial charge < -0.3 is 10.2 Å². The van der Waals surface area contributed by atoms with Crippen molar-refractivity contribution in [2.24, 2.45) is 0 Å². The summed E-state index contributed by atoms with van der Waals surface area (Å²) in [7, 11) is 2.13. The largest absolute Gasteiger partial charge is 0.344 e. The van der Waals surface area contributed by atoms with Crippen LogP contribution in [0.3, 0.4) is 0 Å². The molecule has 0 radical (unpaired) electrons. The zero-order valence-electron chi connectivity index (χ0n) is 13.2. The van der Waals surface area contributed by atoms with Crippen LogP contribution < -0.4 is 10.2 Å². The van der Waals surface area contributed by atoms with Gasteiger partial charge >= 0.3 is 0 Å². The molecule has 21 heavy (non-hydrogen) atoms. The van der Waals surface area contributed by atoms with Gasteiger partial charge in [-0.05, 0) is 49.7 Å². The average Bonchev–Trinajstić information content (AvgIpc) is 2.47. The molecule has 1 unspecified atom stereocenters. The second-order valence-corrected chi connectivity index (χ2v) is 6.24. The third-order valence-corrected chi connectivity index (χ3v) is 4.30. The van der Waals surface area contributed by atoms with Gasteiger partial charge in [0.15, 0.2) is 0 Å². The summed E-state index contributed by atoms with van der Waals surface area (Å²) in [6.45, 7) is 7.46. The highest BCUT2D eigenvalue weighted by Crippen LogP contribution is 2.34. The van der Waals surface area contributed by atoms with Crippen molar-refractivity contribution in [3.8, 4) is 0 Å². The predicted octanol–water partition coefficient (Wildman–Crippen LogP) is 5.20. The molecule has 2 nitrogen and oxygen atoms in total. The zero-order valence-corrected chi connectivity index (χ0v) is 14.7. The van der Waals surface area contributed by atoms with Gasteiger partial charge in [-0.25, -0.2) is 0 Å². The normalized spacial score (nSPS) is 12.2. The van der Waals surface area contributed by atoms with Gasteiger partial charge in [0.25, 0.3) is 0 Å². The molecule has 2 rings (SSSR count). The van der Waals surface area contributed by atoms with Crippen LogP contribution in [0.2, 0.25) is 0 Å². The SMILES string of the molecule is CCNC(C)c1ccc(Br)cc1N(C)c1ccccc1C. The van der Waals surface area contributed by atoms with Crippen LogP contribution in [0.15, 0.2) is 46.9 Å². The van der Waals surface area contributed by atoms with Gasteiger partial charge in [-0.15, -0.1) is 0 Å². The number of rotatable bonds is 5. The monoisotopic (exact) mass is 346 g/mol. The maximum Gasteiger partial charge on any atom is 0.0467 e. The maximum atomic E-state index is 3.60. The number of anilines is 2. The lowest BCUT2D eigenvalue weighted by atomic mass is 10.0. The Morgan fingerprint density at radius 3 is 2.52 bits per heavy atom. The van der Waals surface area contributed by atoms with Gasteiger partial charge in [-0.1, -0.05) is 47.1 Å². The highest BCUT2D eigenvalue weighted by atomic mass is 79.9. The van der Waals surface area contributed by atoms with E-state index in [1.807, 2.05) is 0 Å². The third kappa shape index (κ3) is 3.66. The second kappa shape index (κ2) is 7.10. The molecule has 0 bridgehead atoms. The number of benzene rings is 2. The maximum absolute atomic E-state index is 3.60. The minimum Gasteiger partial charge on any atom is -0.344 e. The molecule has 0 amide bonds. The number of hydrogen-bond donors (Lipinski definition) is 1. The minimum atomic E-state index is 0.324. The first-order valence-electron chi connectivity index (χ1n) is 7.36. The van der Waals surface area contributed by atoms with Crippen molar-refractivity contribution in [1.29, 1.82) is 0 Å². The van der Waals surface area contributed by atoms with Crippen LogP contribution in [0.4, 0.5) is 11.4 Å². The molecular weight excluding hydrogens is 324 g/mol. The first-order chi connectivity index (χ1) is 10.0. The van der Waals surface area contributed by atoms with Crippen molar-refractivity contribution in [2.45, 2.75) is 26.8 Å². The van der Waals surface area contributed by atoms with E-state index in [0.717, 1.165) is 11.0 Å². The van der Waals surface area contributed by atoms with E-state index in [4.69, 9.17) is 0 Å². The molecular formula is C18H23BrN2. The second-order valence-electron chi connectivity index (χ2n) is 5.33. The molecule has 0 saturated carbocycles. The van der Waals surface area contributed by atoms with E-state index >= 15 is 0 Å². The van der Waals surface area contributed by atoms with Crippen molar-refractivity contribution >= 4 is 27.3 Å². The van der Waals surface area contributed by atoms with E-state index in [-0.39, 0.29) is 0 Å². The summed E-state index contributed by atoms with van der Waals surface area (Å²) in [6, 6.07) is 15.3. The summed E-state index contributed by atoms with van der Waals surface area (Å²) in [4.78, 5) is 2.27. The van der Waals surface area contributed by atoms with E-state index < -0.39 is 0 Å². The fraction of sp³-hybridized carbons (Fsp3) is 0.333. The van der Waals surface area contributed by atoms with Crippen LogP contribution >= 0.6 is 15.9 Å². The van der Waals surface area contributed by atoms with E-state index in [1.165, 1.54) is 22.5 Å². The van der Waals surface area contributed by atoms with Crippen molar-refractivity contribution in [3.05, 3.63) is 58.1 Å². The molecule has 0 spiro atoms. The fourth-order valence-electron chi connectivity index (χ4n) is 2.66. The van der Waals surface area contributed by atoms with E-state index in [9.17, 15) is 0 Å². The first-order valence-corrected chi connectivity index (χ1v) is 8.16. The molecule has 112 valence electrons. The molecule has 1 N–H and O–H groups in total. The summed E-state index contributed by atoms with van der Waals surface area (Å²) in [5, 5.41) is 3.50. The van der Waals surface area contributed by atoms with Gasteiger partial charge in [0.05, 0.1) is 0 Å². The fourth-order valence-corrected chi connectivity index (χ4v) is 3.01. The van der Waals surface area contributed by atoms with Crippen LogP contribution in [-0.2, 0) is 0 Å². The highest BCUT2D eigenvalue weighted by Gasteiger charge is 2.15. The van der Waals surface area contributed by atoms with Crippen LogP contribution in [-0.4, -0.2) is 13.6 Å². The molecule has 0 aliphatic carbocycles. The van der Waals surface area contributed by atoms with E-state index in [0.29, 0.717) is 6.04 Å². The average molecular weight is 347 g/mol. The summed E-state index contributed by atoms with van der Waals surface area (Å²) in [6.07, 6.45) is 0. The quantitative estimate of drug-likeness (QED) is 0.800. The van der Waals surface area contributed by atoms with Gasteiger partial charge in [-0.2, -0.15) is 0 Å². The molecule has 0 heterocycles. The Morgan fingerprint density at radius 1 is 1.14 bits per heavy atom. The number of para-hydroxylation sites is 1. The number of nitrogens with one attached hydrogen (secondary N) is 1. The molecule has 0 fully saturated rings. The lowest BCUT2D eigenvalue weighted by molar-refractivity contribution is 0.598. The summed E-state index contributed by atoms with van der Waals surface area (Å²) < 4.78 is 1.10. The molecule has 0 saturated heterocycles. The smallest absolute Gasteiger partial charge is 0.0467 e. The van der Waals surface area contributed by atoms with E-state index in [1.54, 1.807) is 0 Å². The summed E-state index contributed by atoms with van der Waals surface area (Å²) in [5.41, 5.74) is 5.06. The lowest BCUT2D eigenvalue weighted by Gasteiger charge is -2.27. The molecule has 0 aliphatic heterocycles. The lowest BCUT2D eigenvalue weighted by Crippen LogP contribution is -2.21. The molecule has 2 aromatic rings. The summed E-state index contributed by atoms with van der Waals surface area (Å²) in [5.74, 6) is 0. The Bertz CT molecular complexity index is 610. The standard InChI is InChI=1S/C18H23BrN2/c1-5-20-14(3)16-11-10-15(19)12-18(16)21(4)17-9-7-6-8-13(17)2/h6-12,14,20H,5H2,1-4H3. The van der Waals surface area contributed by atoms with Crippen LogP contribution in [0.25, 0.3) is 0 Å². The Balaban J connectivity index is 2.47. The Kier molecular flexibility index (Phi) is 5.43. The van der Waals surface area contributed by atoms with Crippen molar-refractivity contribution < 1.29 is 0 Å². The number of hydrogen-bond acceptors (Lipinski definition) is 2. The Morgan fingerprint density at radius 2 is 1.86 bits per heavy atom. The molecule has 0 aliphatic rings. The molecule has 3 heteroatoms. The highest BCUT2D eigenvalue weighted by molar-refractivity contribution is 9.10. The van der Waals surface area contributed by atoms with Gasteiger partial charge in [-0.3, -0.25) is 0 Å². The van der Waals surface area contributed by atoms with Crippen molar-refractivity contribution in [1.82, 2.24) is 5.32 Å². The summed E-state index contributed by atoms with van der Waals surface area (Å²) >= 11 is 3.60. The van der Waals surface area contributed by atoms with Gasteiger partial charge in [0, 0.05) is 28.9 Å². The molecule has 0 aromatic heterocycles. The number of aryl methyl sites for hydroxylation is 1. The number of halogens is 1. The van der Waals surface area contributed by atoms with Crippen LogP contribution in [0.1, 0.15) is 31.0 Å². The van der Waals surface area contributed by atoms with Crippen LogP contribution in [0.5, 0.6) is 0 Å². The molecule has 1 atom stereocenters. The van der Waals surface area contributed by atoms with Crippen molar-refractivity contribution in [3.63, 3.8) is 0 Å². The minimum absolute atomic E-state index is 0.324. The topological polar surface area (TPSA) is 15.3 Å². The Hall–Kier alpha value is -1.32. The third-order valence-electron chi connectivity index (χ3n) is 3.81. The zero-order chi connectivity index (χ0) is 15.4. The van der Waals surface area contributed by atoms with Gasteiger partial charge in [0.2, 0.25) is 0 Å². The van der Waals surface area contributed by atoms with E-state index in [2.05, 4.69) is 96.4 Å². The number of nitrogens with zero attached hydrogens (tertiary/aromatic N) is 1. The first kappa shape index (κ1) is 16.1. The Labute approximate surface area is 136 Å². The molecule has 2 aromatic carbocycles. The van der Waals surface area contributed by atoms with Crippen molar-refractivity contribution in [2.75, 3.05) is 18.5 Å². The van der Waals surface area contributed by atoms with Gasteiger partial charge in [0.1, 0.15) is 0 Å². The van der Waals surface area contributed by atoms with Crippen LogP contribution in [0, 0.1) is 6.92 Å².